The Labute approximate surface area is 143 Å². The van der Waals surface area contributed by atoms with Crippen molar-refractivity contribution in [3.05, 3.63) is 41.8 Å². The molecule has 0 aliphatic rings. The molecular weight excluding hydrogens is 332 g/mol. The maximum absolute atomic E-state index is 6.12. The zero-order chi connectivity index (χ0) is 17.1. The van der Waals surface area contributed by atoms with Gasteiger partial charge in [-0.1, -0.05) is 11.6 Å². The van der Waals surface area contributed by atoms with Crippen molar-refractivity contribution < 1.29 is 9.47 Å². The number of nitrogens with zero attached hydrogens (tertiary/aromatic N) is 4. The number of nitrogens with two attached hydrogens (primary N) is 1. The number of anilines is 3. The summed E-state index contributed by atoms with van der Waals surface area (Å²) in [5, 5.41) is 7.34. The fraction of sp³-hybridized carbons (Fsp3) is 0.133. The van der Waals surface area contributed by atoms with E-state index in [1.54, 1.807) is 35.3 Å². The molecule has 2 aromatic heterocycles. The predicted molar refractivity (Wildman–Crippen MR) is 91.0 cm³/mol. The number of nitrogen functional groups attached to an aromatic ring is 1. The van der Waals surface area contributed by atoms with Crippen LogP contribution in [0.2, 0.25) is 5.02 Å². The number of ether oxygens (including phenoxy) is 2. The number of halogens is 1. The van der Waals surface area contributed by atoms with Crippen molar-refractivity contribution in [3.8, 4) is 17.4 Å². The van der Waals surface area contributed by atoms with Gasteiger partial charge >= 0.3 is 0 Å². The summed E-state index contributed by atoms with van der Waals surface area (Å²) in [6, 6.07) is 5.04. The zero-order valence-electron chi connectivity index (χ0n) is 13.0. The van der Waals surface area contributed by atoms with Crippen LogP contribution >= 0.6 is 11.6 Å². The van der Waals surface area contributed by atoms with Gasteiger partial charge in [0.05, 0.1) is 25.2 Å². The Morgan fingerprint density at radius 3 is 2.79 bits per heavy atom. The van der Waals surface area contributed by atoms with Gasteiger partial charge in [-0.2, -0.15) is 10.1 Å². The van der Waals surface area contributed by atoms with Crippen molar-refractivity contribution in [1.29, 1.82) is 0 Å². The number of hydrogen-bond donors (Lipinski definition) is 2. The van der Waals surface area contributed by atoms with E-state index >= 15 is 0 Å². The molecule has 124 valence electrons. The highest BCUT2D eigenvalue weighted by atomic mass is 35.5. The van der Waals surface area contributed by atoms with Crippen molar-refractivity contribution in [1.82, 2.24) is 19.7 Å². The topological polar surface area (TPSA) is 100 Å². The lowest BCUT2D eigenvalue weighted by Gasteiger charge is -2.12. The highest BCUT2D eigenvalue weighted by Gasteiger charge is 2.12. The molecular formula is C15H15ClN6O2. The summed E-state index contributed by atoms with van der Waals surface area (Å²) in [5.74, 6) is 1.43. The molecule has 0 unspecified atom stereocenters. The van der Waals surface area contributed by atoms with Crippen molar-refractivity contribution in [2.75, 3.05) is 18.2 Å². The number of hydrogen-bond acceptors (Lipinski definition) is 7. The second kappa shape index (κ2) is 6.63. The minimum atomic E-state index is 0.182. The minimum Gasteiger partial charge on any atom is -0.493 e. The summed E-state index contributed by atoms with van der Waals surface area (Å²) in [7, 11) is 3.35. The number of aryl methyl sites for hydroxylation is 1. The van der Waals surface area contributed by atoms with Crippen LogP contribution in [0, 0.1) is 0 Å². The Bertz CT molecular complexity index is 867. The molecule has 8 nitrogen and oxygen atoms in total. The highest BCUT2D eigenvalue weighted by Crippen LogP contribution is 2.35. The first-order chi connectivity index (χ1) is 11.5. The van der Waals surface area contributed by atoms with Gasteiger partial charge in [-0.15, -0.1) is 0 Å². The van der Waals surface area contributed by atoms with Gasteiger partial charge in [0, 0.05) is 25.0 Å². The first-order valence-corrected chi connectivity index (χ1v) is 7.32. The van der Waals surface area contributed by atoms with E-state index in [0.29, 0.717) is 23.1 Å². The van der Waals surface area contributed by atoms with Gasteiger partial charge in [0.25, 0.3) is 0 Å². The molecule has 0 spiro atoms. The second-order valence-corrected chi connectivity index (χ2v) is 5.29. The first-order valence-electron chi connectivity index (χ1n) is 6.94. The van der Waals surface area contributed by atoms with E-state index in [1.807, 2.05) is 7.05 Å². The van der Waals surface area contributed by atoms with E-state index in [0.717, 1.165) is 5.69 Å². The van der Waals surface area contributed by atoms with Crippen LogP contribution in [0.3, 0.4) is 0 Å². The van der Waals surface area contributed by atoms with Crippen LogP contribution < -0.4 is 20.5 Å². The third kappa shape index (κ3) is 3.49. The van der Waals surface area contributed by atoms with Gasteiger partial charge in [-0.05, 0) is 12.1 Å². The largest absolute Gasteiger partial charge is 0.493 e. The second-order valence-electron chi connectivity index (χ2n) is 4.89. The molecule has 0 radical (unpaired) electrons. The average Bonchev–Trinajstić information content (AvgIpc) is 2.96. The zero-order valence-corrected chi connectivity index (χ0v) is 13.8. The van der Waals surface area contributed by atoms with Gasteiger partial charge in [-0.3, -0.25) is 4.68 Å². The Morgan fingerprint density at radius 1 is 1.25 bits per heavy atom. The lowest BCUT2D eigenvalue weighted by Crippen LogP contribution is -2.00. The van der Waals surface area contributed by atoms with Crippen molar-refractivity contribution in [2.45, 2.75) is 0 Å². The summed E-state index contributed by atoms with van der Waals surface area (Å²) >= 11 is 6.12. The fourth-order valence-electron chi connectivity index (χ4n) is 1.98. The van der Waals surface area contributed by atoms with Crippen LogP contribution in [0.25, 0.3) is 0 Å². The summed E-state index contributed by atoms with van der Waals surface area (Å²) in [5.41, 5.74) is 7.06. The molecule has 3 rings (SSSR count). The number of rotatable bonds is 5. The molecule has 3 N–H and O–H groups in total. The van der Waals surface area contributed by atoms with Crippen LogP contribution in [0.1, 0.15) is 0 Å². The maximum atomic E-state index is 6.12. The van der Waals surface area contributed by atoms with E-state index in [4.69, 9.17) is 26.8 Å². The van der Waals surface area contributed by atoms with Gasteiger partial charge in [-0.25, -0.2) is 4.98 Å². The lowest BCUT2D eigenvalue weighted by molar-refractivity contribution is 0.374. The summed E-state index contributed by atoms with van der Waals surface area (Å²) in [4.78, 5) is 8.39. The molecule has 0 fully saturated rings. The van der Waals surface area contributed by atoms with Crippen LogP contribution in [-0.4, -0.2) is 26.9 Å². The van der Waals surface area contributed by atoms with Crippen molar-refractivity contribution in [2.24, 2.45) is 7.05 Å². The van der Waals surface area contributed by atoms with Gasteiger partial charge < -0.3 is 20.5 Å². The third-order valence-corrected chi connectivity index (χ3v) is 3.33. The summed E-state index contributed by atoms with van der Waals surface area (Å²) in [6.07, 6.45) is 4.89. The smallest absolute Gasteiger partial charge is 0.243 e. The molecule has 0 amide bonds. The Balaban J connectivity index is 1.88. The first kappa shape index (κ1) is 15.9. The molecule has 9 heteroatoms. The Hall–Kier alpha value is -3.00. The van der Waals surface area contributed by atoms with Gasteiger partial charge in [0.1, 0.15) is 5.02 Å². The highest BCUT2D eigenvalue weighted by molar-refractivity contribution is 6.31. The molecule has 2 heterocycles. The molecule has 0 bridgehead atoms. The molecule has 0 saturated heterocycles. The number of aromatic nitrogens is 4. The molecule has 3 aromatic rings. The average molecular weight is 347 g/mol. The van der Waals surface area contributed by atoms with E-state index < -0.39 is 0 Å². The van der Waals surface area contributed by atoms with Crippen LogP contribution in [0.5, 0.6) is 17.4 Å². The fourth-order valence-corrected chi connectivity index (χ4v) is 2.10. The molecule has 0 aliphatic carbocycles. The summed E-state index contributed by atoms with van der Waals surface area (Å²) < 4.78 is 12.7. The van der Waals surface area contributed by atoms with Crippen LogP contribution in [-0.2, 0) is 7.05 Å². The van der Waals surface area contributed by atoms with E-state index in [2.05, 4.69) is 20.4 Å². The Kier molecular flexibility index (Phi) is 4.39. The number of nitrogens with one attached hydrogen (secondary N) is 1. The Morgan fingerprint density at radius 2 is 2.08 bits per heavy atom. The molecule has 0 aliphatic heterocycles. The molecule has 0 saturated carbocycles. The van der Waals surface area contributed by atoms with Crippen molar-refractivity contribution >= 4 is 28.9 Å². The predicted octanol–water partition coefficient (Wildman–Crippen LogP) is 2.99. The van der Waals surface area contributed by atoms with Crippen LogP contribution in [0.15, 0.2) is 36.8 Å². The monoisotopic (exact) mass is 346 g/mol. The molecule has 1 aromatic carbocycles. The van der Waals surface area contributed by atoms with Gasteiger partial charge in [0.15, 0.2) is 11.5 Å². The quantitative estimate of drug-likeness (QED) is 0.685. The third-order valence-electron chi connectivity index (χ3n) is 3.07. The standard InChI is InChI=1S/C15H15ClN6O2/c1-22-8-10(6-19-22)20-15-18-7-11(16)14(21-15)24-13-5-9(17)3-4-12(13)23-2/h3-8H,17H2,1-2H3,(H,18,20,21). The minimum absolute atomic E-state index is 0.182. The molecule has 24 heavy (non-hydrogen) atoms. The lowest BCUT2D eigenvalue weighted by atomic mass is 10.3. The van der Waals surface area contributed by atoms with Gasteiger partial charge in [0.2, 0.25) is 11.8 Å². The van der Waals surface area contributed by atoms with Crippen LogP contribution in [0.4, 0.5) is 17.3 Å². The SMILES string of the molecule is COc1ccc(N)cc1Oc1nc(Nc2cnn(C)c2)ncc1Cl. The molecule has 0 atom stereocenters. The number of methoxy groups -OCH3 is 1. The van der Waals surface area contributed by atoms with E-state index in [9.17, 15) is 0 Å². The van der Waals surface area contributed by atoms with E-state index in [1.165, 1.54) is 13.3 Å². The van der Waals surface area contributed by atoms with E-state index in [-0.39, 0.29) is 10.9 Å². The summed E-state index contributed by atoms with van der Waals surface area (Å²) in [6.45, 7) is 0. The maximum Gasteiger partial charge on any atom is 0.243 e. The normalized spacial score (nSPS) is 10.5. The van der Waals surface area contributed by atoms with Crippen molar-refractivity contribution in [3.63, 3.8) is 0 Å². The number of benzene rings is 1.